The number of hydrogen-bond donors (Lipinski definition) is 1. The standard InChI is InChI=1S/C23H30N2O7S/c1-4-31-18-7-9-20(32-5-2)19(16-18)24-23(26)15-17-6-8-21(29-3)22(14-17)33(27,28)25-10-12-30-13-11-25/h6-9,14,16H,4-5,10-13,15H2,1-3H3,(H,24,26). The molecule has 0 saturated carbocycles. The van der Waals surface area contributed by atoms with E-state index in [-0.39, 0.29) is 36.1 Å². The molecule has 0 unspecified atom stereocenters. The Morgan fingerprint density at radius 1 is 1.03 bits per heavy atom. The van der Waals surface area contributed by atoms with Crippen LogP contribution in [0.25, 0.3) is 0 Å². The van der Waals surface area contributed by atoms with Gasteiger partial charge >= 0.3 is 0 Å². The Kier molecular flexibility index (Phi) is 8.54. The zero-order valence-electron chi connectivity index (χ0n) is 19.1. The average molecular weight is 479 g/mol. The van der Waals surface area contributed by atoms with Crippen LogP contribution in [-0.2, 0) is 26.0 Å². The number of ether oxygens (including phenoxy) is 4. The molecule has 9 nitrogen and oxygen atoms in total. The number of amides is 1. The normalized spacial score (nSPS) is 14.5. The van der Waals surface area contributed by atoms with Gasteiger partial charge < -0.3 is 24.3 Å². The van der Waals surface area contributed by atoms with Crippen molar-refractivity contribution in [3.63, 3.8) is 0 Å². The number of anilines is 1. The van der Waals surface area contributed by atoms with E-state index in [1.807, 2.05) is 13.8 Å². The van der Waals surface area contributed by atoms with E-state index >= 15 is 0 Å². The van der Waals surface area contributed by atoms with Crippen LogP contribution in [0, 0.1) is 0 Å². The van der Waals surface area contributed by atoms with Gasteiger partial charge in [-0.15, -0.1) is 0 Å². The fourth-order valence-electron chi connectivity index (χ4n) is 3.48. The second-order valence-corrected chi connectivity index (χ2v) is 9.16. The molecule has 1 aliphatic rings. The van der Waals surface area contributed by atoms with Crippen molar-refractivity contribution in [3.05, 3.63) is 42.0 Å². The highest BCUT2D eigenvalue weighted by Crippen LogP contribution is 2.31. The second-order valence-electron chi connectivity index (χ2n) is 7.25. The maximum Gasteiger partial charge on any atom is 0.246 e. The molecule has 10 heteroatoms. The number of methoxy groups -OCH3 is 1. The Labute approximate surface area is 194 Å². The van der Waals surface area contributed by atoms with Crippen molar-refractivity contribution in [2.24, 2.45) is 0 Å². The second kappa shape index (κ2) is 11.4. The lowest BCUT2D eigenvalue weighted by Crippen LogP contribution is -2.40. The monoisotopic (exact) mass is 478 g/mol. The summed E-state index contributed by atoms with van der Waals surface area (Å²) in [6.07, 6.45) is -0.0277. The van der Waals surface area contributed by atoms with Gasteiger partial charge in [0.2, 0.25) is 15.9 Å². The first-order chi connectivity index (χ1) is 15.9. The number of benzene rings is 2. The SMILES string of the molecule is CCOc1ccc(OCC)c(NC(=O)Cc2ccc(OC)c(S(=O)(=O)N3CCOCC3)c2)c1. The molecule has 0 radical (unpaired) electrons. The summed E-state index contributed by atoms with van der Waals surface area (Å²) in [4.78, 5) is 12.8. The molecule has 1 fully saturated rings. The Morgan fingerprint density at radius 2 is 1.73 bits per heavy atom. The molecule has 1 amide bonds. The summed E-state index contributed by atoms with van der Waals surface area (Å²) < 4.78 is 49.4. The first-order valence-corrected chi connectivity index (χ1v) is 12.3. The molecule has 0 aliphatic carbocycles. The Bertz CT molecular complexity index is 1070. The van der Waals surface area contributed by atoms with Crippen LogP contribution < -0.4 is 19.5 Å². The lowest BCUT2D eigenvalue weighted by Gasteiger charge is -2.26. The van der Waals surface area contributed by atoms with Crippen molar-refractivity contribution in [1.82, 2.24) is 4.31 Å². The van der Waals surface area contributed by atoms with Crippen LogP contribution in [0.5, 0.6) is 17.2 Å². The lowest BCUT2D eigenvalue weighted by atomic mass is 10.1. The summed E-state index contributed by atoms with van der Waals surface area (Å²) in [5, 5.41) is 2.84. The zero-order valence-corrected chi connectivity index (χ0v) is 19.9. The Morgan fingerprint density at radius 3 is 2.39 bits per heavy atom. The number of sulfonamides is 1. The van der Waals surface area contributed by atoms with Gasteiger partial charge in [-0.1, -0.05) is 6.07 Å². The topological polar surface area (TPSA) is 103 Å². The molecular formula is C23H30N2O7S. The minimum absolute atomic E-state index is 0.0277. The van der Waals surface area contributed by atoms with E-state index in [1.165, 1.54) is 17.5 Å². The first kappa shape index (κ1) is 24.8. The van der Waals surface area contributed by atoms with Crippen LogP contribution in [0.3, 0.4) is 0 Å². The molecule has 33 heavy (non-hydrogen) atoms. The Hall–Kier alpha value is -2.82. The van der Waals surface area contributed by atoms with Crippen molar-refractivity contribution in [2.45, 2.75) is 25.2 Å². The molecular weight excluding hydrogens is 448 g/mol. The fraction of sp³-hybridized carbons (Fsp3) is 0.435. The molecule has 0 atom stereocenters. The number of nitrogens with zero attached hydrogens (tertiary/aromatic N) is 1. The van der Waals surface area contributed by atoms with E-state index in [0.29, 0.717) is 49.2 Å². The van der Waals surface area contributed by atoms with E-state index in [4.69, 9.17) is 18.9 Å². The fourth-order valence-corrected chi connectivity index (χ4v) is 5.10. The van der Waals surface area contributed by atoms with Crippen molar-refractivity contribution >= 4 is 21.6 Å². The minimum atomic E-state index is -3.79. The van der Waals surface area contributed by atoms with Gasteiger partial charge in [0.1, 0.15) is 22.1 Å². The summed E-state index contributed by atoms with van der Waals surface area (Å²) in [7, 11) is -2.37. The summed E-state index contributed by atoms with van der Waals surface area (Å²) in [6, 6.07) is 9.95. The third-order valence-electron chi connectivity index (χ3n) is 5.02. The number of hydrogen-bond acceptors (Lipinski definition) is 7. The summed E-state index contributed by atoms with van der Waals surface area (Å²) >= 11 is 0. The number of morpholine rings is 1. The first-order valence-electron chi connectivity index (χ1n) is 10.8. The van der Waals surface area contributed by atoms with Crippen molar-refractivity contribution in [2.75, 3.05) is 51.9 Å². The van der Waals surface area contributed by atoms with Crippen molar-refractivity contribution < 1.29 is 32.2 Å². The van der Waals surface area contributed by atoms with Gasteiger partial charge in [-0.3, -0.25) is 4.79 Å². The van der Waals surface area contributed by atoms with Gasteiger partial charge in [0.25, 0.3) is 0 Å². The molecule has 0 aromatic heterocycles. The highest BCUT2D eigenvalue weighted by Gasteiger charge is 2.29. The number of carbonyl (C=O) groups excluding carboxylic acids is 1. The zero-order chi connectivity index (χ0) is 23.8. The molecule has 1 saturated heterocycles. The van der Waals surface area contributed by atoms with Gasteiger partial charge in [0.05, 0.1) is 45.6 Å². The van der Waals surface area contributed by atoms with Gasteiger partial charge in [0, 0.05) is 19.2 Å². The van der Waals surface area contributed by atoms with E-state index in [9.17, 15) is 13.2 Å². The number of rotatable bonds is 10. The average Bonchev–Trinajstić information content (AvgIpc) is 2.81. The van der Waals surface area contributed by atoms with Crippen LogP contribution in [0.2, 0.25) is 0 Å². The molecule has 3 rings (SSSR count). The van der Waals surface area contributed by atoms with E-state index in [1.54, 1.807) is 30.3 Å². The molecule has 180 valence electrons. The molecule has 2 aromatic rings. The predicted molar refractivity (Wildman–Crippen MR) is 124 cm³/mol. The quantitative estimate of drug-likeness (QED) is 0.560. The lowest BCUT2D eigenvalue weighted by molar-refractivity contribution is -0.115. The van der Waals surface area contributed by atoms with Crippen molar-refractivity contribution in [1.29, 1.82) is 0 Å². The van der Waals surface area contributed by atoms with Crippen molar-refractivity contribution in [3.8, 4) is 17.2 Å². The van der Waals surface area contributed by atoms with Gasteiger partial charge in [-0.05, 0) is 43.7 Å². The molecule has 0 bridgehead atoms. The summed E-state index contributed by atoms with van der Waals surface area (Å²) in [5.41, 5.74) is 1.03. The van der Waals surface area contributed by atoms with Crippen LogP contribution >= 0.6 is 0 Å². The smallest absolute Gasteiger partial charge is 0.246 e. The van der Waals surface area contributed by atoms with E-state index in [2.05, 4.69) is 5.32 Å². The summed E-state index contributed by atoms with van der Waals surface area (Å²) in [6.45, 7) is 5.89. The van der Waals surface area contributed by atoms with Crippen LogP contribution in [0.1, 0.15) is 19.4 Å². The van der Waals surface area contributed by atoms with Crippen LogP contribution in [0.15, 0.2) is 41.3 Å². The van der Waals surface area contributed by atoms with Gasteiger partial charge in [0.15, 0.2) is 0 Å². The number of carbonyl (C=O) groups is 1. The molecule has 2 aromatic carbocycles. The largest absolute Gasteiger partial charge is 0.495 e. The maximum atomic E-state index is 13.2. The predicted octanol–water partition coefficient (Wildman–Crippen LogP) is 2.69. The maximum absolute atomic E-state index is 13.2. The number of nitrogens with one attached hydrogen (secondary N) is 1. The van der Waals surface area contributed by atoms with Gasteiger partial charge in [-0.2, -0.15) is 4.31 Å². The van der Waals surface area contributed by atoms with Crippen LogP contribution in [0.4, 0.5) is 5.69 Å². The van der Waals surface area contributed by atoms with E-state index in [0.717, 1.165) is 0 Å². The summed E-state index contributed by atoms with van der Waals surface area (Å²) in [5.74, 6) is 1.05. The molecule has 0 spiro atoms. The third-order valence-corrected chi connectivity index (χ3v) is 6.94. The minimum Gasteiger partial charge on any atom is -0.495 e. The van der Waals surface area contributed by atoms with Crippen LogP contribution in [-0.4, -0.2) is 65.3 Å². The van der Waals surface area contributed by atoms with Gasteiger partial charge in [-0.25, -0.2) is 8.42 Å². The Balaban J connectivity index is 1.82. The molecule has 1 aliphatic heterocycles. The highest BCUT2D eigenvalue weighted by molar-refractivity contribution is 7.89. The van der Waals surface area contributed by atoms with E-state index < -0.39 is 10.0 Å². The highest BCUT2D eigenvalue weighted by atomic mass is 32.2. The molecule has 1 heterocycles. The molecule has 1 N–H and O–H groups in total. The third kappa shape index (κ3) is 6.16.